The van der Waals surface area contributed by atoms with Crippen molar-refractivity contribution in [2.45, 2.75) is 57.5 Å². The molecule has 19 heavy (non-hydrogen) atoms. The maximum absolute atomic E-state index is 6.28. The van der Waals surface area contributed by atoms with Crippen molar-refractivity contribution in [2.24, 2.45) is 5.73 Å². The van der Waals surface area contributed by atoms with Gasteiger partial charge in [-0.2, -0.15) is 0 Å². The van der Waals surface area contributed by atoms with E-state index >= 15 is 0 Å². The molecule has 2 aliphatic rings. The molecule has 1 fully saturated rings. The van der Waals surface area contributed by atoms with Gasteiger partial charge in [0.05, 0.1) is 0 Å². The predicted octanol–water partition coefficient (Wildman–Crippen LogP) is 3.05. The van der Waals surface area contributed by atoms with E-state index in [4.69, 9.17) is 5.73 Å². The molecule has 1 heterocycles. The molecule has 0 bridgehead atoms. The van der Waals surface area contributed by atoms with E-state index in [0.29, 0.717) is 6.04 Å². The fourth-order valence-corrected chi connectivity index (χ4v) is 3.80. The zero-order valence-corrected chi connectivity index (χ0v) is 12.1. The molecule has 0 amide bonds. The fraction of sp³-hybridized carbons (Fsp3) is 0.647. The van der Waals surface area contributed by atoms with Gasteiger partial charge in [-0.25, -0.2) is 0 Å². The van der Waals surface area contributed by atoms with E-state index in [-0.39, 0.29) is 6.04 Å². The third-order valence-electron chi connectivity index (χ3n) is 4.75. The first-order chi connectivity index (χ1) is 9.25. The summed E-state index contributed by atoms with van der Waals surface area (Å²) in [6.45, 7) is 4.58. The summed E-state index contributed by atoms with van der Waals surface area (Å²) in [6.07, 6.45) is 7.89. The lowest BCUT2D eigenvalue weighted by Gasteiger charge is -2.32. The van der Waals surface area contributed by atoms with Crippen molar-refractivity contribution in [2.75, 3.05) is 13.1 Å². The Morgan fingerprint density at radius 1 is 1.00 bits per heavy atom. The Kier molecular flexibility index (Phi) is 3.90. The number of rotatable bonds is 3. The van der Waals surface area contributed by atoms with Crippen LogP contribution in [0, 0.1) is 0 Å². The molecule has 1 aliphatic carbocycles. The molecule has 104 valence electrons. The van der Waals surface area contributed by atoms with E-state index in [1.54, 1.807) is 11.1 Å². The summed E-state index contributed by atoms with van der Waals surface area (Å²) < 4.78 is 0. The van der Waals surface area contributed by atoms with E-state index in [1.165, 1.54) is 57.2 Å². The van der Waals surface area contributed by atoms with Crippen LogP contribution >= 0.6 is 0 Å². The van der Waals surface area contributed by atoms with Crippen LogP contribution in [0.1, 0.15) is 55.3 Å². The predicted molar refractivity (Wildman–Crippen MR) is 80.3 cm³/mol. The first-order valence-corrected chi connectivity index (χ1v) is 7.87. The van der Waals surface area contributed by atoms with E-state index in [0.717, 1.165) is 0 Å². The van der Waals surface area contributed by atoms with Crippen molar-refractivity contribution in [1.82, 2.24) is 4.90 Å². The second-order valence-corrected chi connectivity index (χ2v) is 6.28. The third-order valence-corrected chi connectivity index (χ3v) is 4.75. The number of hydrogen-bond acceptors (Lipinski definition) is 2. The summed E-state index contributed by atoms with van der Waals surface area (Å²) in [7, 11) is 0. The number of aryl methyl sites for hydroxylation is 2. The maximum Gasteiger partial charge on any atom is 0.0496 e. The summed E-state index contributed by atoms with van der Waals surface area (Å²) in [5.74, 6) is 0. The van der Waals surface area contributed by atoms with Crippen LogP contribution < -0.4 is 5.73 Å². The number of nitrogens with two attached hydrogens (primary N) is 1. The van der Waals surface area contributed by atoms with Gasteiger partial charge in [0.2, 0.25) is 0 Å². The average molecular weight is 258 g/mol. The van der Waals surface area contributed by atoms with Gasteiger partial charge in [0.25, 0.3) is 0 Å². The van der Waals surface area contributed by atoms with Crippen LogP contribution in [0.3, 0.4) is 0 Å². The average Bonchev–Trinajstić information content (AvgIpc) is 2.92. The van der Waals surface area contributed by atoms with Gasteiger partial charge in [-0.3, -0.25) is 4.90 Å². The molecule has 1 saturated heterocycles. The van der Waals surface area contributed by atoms with Crippen molar-refractivity contribution in [3.8, 4) is 0 Å². The Bertz CT molecular complexity index is 433. The van der Waals surface area contributed by atoms with Crippen LogP contribution in [0.5, 0.6) is 0 Å². The molecule has 0 aromatic heterocycles. The smallest absolute Gasteiger partial charge is 0.0496 e. The summed E-state index contributed by atoms with van der Waals surface area (Å²) in [5, 5.41) is 0. The van der Waals surface area contributed by atoms with Crippen LogP contribution in [0.4, 0.5) is 0 Å². The minimum absolute atomic E-state index is 0.208. The molecule has 2 nitrogen and oxygen atoms in total. The topological polar surface area (TPSA) is 29.3 Å². The van der Waals surface area contributed by atoms with Crippen molar-refractivity contribution >= 4 is 0 Å². The Morgan fingerprint density at radius 3 is 2.37 bits per heavy atom. The number of benzene rings is 1. The highest BCUT2D eigenvalue weighted by Crippen LogP contribution is 2.30. The molecular formula is C17H26N2. The standard InChI is InChI=1S/C17H26N2/c1-13(18)17(19-10-4-5-11-19)16-9-8-14-6-2-3-7-15(14)12-16/h8-9,12-13,17H,2-7,10-11,18H2,1H3. The summed E-state index contributed by atoms with van der Waals surface area (Å²) >= 11 is 0. The van der Waals surface area contributed by atoms with Gasteiger partial charge in [0.15, 0.2) is 0 Å². The minimum Gasteiger partial charge on any atom is -0.326 e. The van der Waals surface area contributed by atoms with Gasteiger partial charge in [0.1, 0.15) is 0 Å². The second-order valence-electron chi connectivity index (χ2n) is 6.28. The highest BCUT2D eigenvalue weighted by atomic mass is 15.2. The zero-order chi connectivity index (χ0) is 13.2. The lowest BCUT2D eigenvalue weighted by Crippen LogP contribution is -2.38. The van der Waals surface area contributed by atoms with Crippen LogP contribution in [0.15, 0.2) is 18.2 Å². The zero-order valence-electron chi connectivity index (χ0n) is 12.1. The maximum atomic E-state index is 6.28. The largest absolute Gasteiger partial charge is 0.326 e. The third kappa shape index (κ3) is 2.70. The highest BCUT2D eigenvalue weighted by molar-refractivity contribution is 5.35. The van der Waals surface area contributed by atoms with Crippen molar-refractivity contribution in [3.05, 3.63) is 34.9 Å². The van der Waals surface area contributed by atoms with Crippen molar-refractivity contribution < 1.29 is 0 Å². The molecule has 0 saturated carbocycles. The SMILES string of the molecule is CC(N)C(c1ccc2c(c1)CCCC2)N1CCCC1. The Morgan fingerprint density at radius 2 is 1.68 bits per heavy atom. The molecule has 2 N–H and O–H groups in total. The first-order valence-electron chi connectivity index (χ1n) is 7.87. The van der Waals surface area contributed by atoms with Crippen molar-refractivity contribution in [1.29, 1.82) is 0 Å². The molecule has 1 aromatic rings. The first kappa shape index (κ1) is 13.1. The van der Waals surface area contributed by atoms with Gasteiger partial charge in [-0.15, -0.1) is 0 Å². The van der Waals surface area contributed by atoms with E-state index in [1.807, 2.05) is 0 Å². The number of fused-ring (bicyclic) bond motifs is 1. The number of likely N-dealkylation sites (tertiary alicyclic amines) is 1. The van der Waals surface area contributed by atoms with Crippen LogP contribution in [0.25, 0.3) is 0 Å². The molecule has 0 spiro atoms. The summed E-state index contributed by atoms with van der Waals surface area (Å²) in [4.78, 5) is 2.58. The Balaban J connectivity index is 1.89. The van der Waals surface area contributed by atoms with Gasteiger partial charge < -0.3 is 5.73 Å². The monoisotopic (exact) mass is 258 g/mol. The molecule has 0 radical (unpaired) electrons. The second kappa shape index (κ2) is 5.64. The highest BCUT2D eigenvalue weighted by Gasteiger charge is 2.27. The molecule has 1 aromatic carbocycles. The summed E-state index contributed by atoms with van der Waals surface area (Å²) in [6, 6.07) is 7.75. The van der Waals surface area contributed by atoms with Crippen molar-refractivity contribution in [3.63, 3.8) is 0 Å². The van der Waals surface area contributed by atoms with Crippen LogP contribution in [0.2, 0.25) is 0 Å². The van der Waals surface area contributed by atoms with E-state index < -0.39 is 0 Å². The molecular weight excluding hydrogens is 232 g/mol. The van der Waals surface area contributed by atoms with Gasteiger partial charge in [-0.1, -0.05) is 18.2 Å². The van der Waals surface area contributed by atoms with Gasteiger partial charge >= 0.3 is 0 Å². The van der Waals surface area contributed by atoms with Crippen LogP contribution in [-0.2, 0) is 12.8 Å². The minimum atomic E-state index is 0.208. The van der Waals surface area contributed by atoms with Crippen LogP contribution in [-0.4, -0.2) is 24.0 Å². The summed E-state index contributed by atoms with van der Waals surface area (Å²) in [5.41, 5.74) is 10.9. The molecule has 2 unspecified atom stereocenters. The molecule has 2 atom stereocenters. The Labute approximate surface area is 117 Å². The van der Waals surface area contributed by atoms with Gasteiger partial charge in [-0.05, 0) is 75.2 Å². The molecule has 1 aliphatic heterocycles. The fourth-order valence-electron chi connectivity index (χ4n) is 3.80. The normalized spacial score (nSPS) is 23.1. The Hall–Kier alpha value is -0.860. The quantitative estimate of drug-likeness (QED) is 0.903. The molecule has 2 heteroatoms. The van der Waals surface area contributed by atoms with E-state index in [9.17, 15) is 0 Å². The molecule has 3 rings (SSSR count). The van der Waals surface area contributed by atoms with Gasteiger partial charge in [0, 0.05) is 12.1 Å². The lowest BCUT2D eigenvalue weighted by atomic mass is 9.88. The number of hydrogen-bond donors (Lipinski definition) is 1. The number of nitrogens with zero attached hydrogens (tertiary/aromatic N) is 1. The lowest BCUT2D eigenvalue weighted by molar-refractivity contribution is 0.219. The van der Waals surface area contributed by atoms with E-state index in [2.05, 4.69) is 30.0 Å².